The predicted molar refractivity (Wildman–Crippen MR) is 84.6 cm³/mol. The molecule has 0 spiro atoms. The Hall–Kier alpha value is -2.48. The quantitative estimate of drug-likeness (QED) is 0.671. The maximum Gasteiger partial charge on any atom is 0.245 e. The van der Waals surface area contributed by atoms with Gasteiger partial charge in [-0.05, 0) is 36.6 Å². The molecule has 1 fully saturated rings. The van der Waals surface area contributed by atoms with Crippen LogP contribution in [-0.4, -0.2) is 17.7 Å². The number of hydrogen-bond acceptors (Lipinski definition) is 3. The van der Waals surface area contributed by atoms with Crippen LogP contribution in [0.25, 0.3) is 6.08 Å². The first-order valence-electron chi connectivity index (χ1n) is 7.77. The minimum absolute atomic E-state index is 0.0565. The number of amides is 1. The van der Waals surface area contributed by atoms with Gasteiger partial charge in [-0.1, -0.05) is 37.5 Å². The summed E-state index contributed by atoms with van der Waals surface area (Å²) in [5, 5.41) is 11.9. The lowest BCUT2D eigenvalue weighted by Crippen LogP contribution is -2.41. The molecule has 1 N–H and O–H groups in total. The minimum Gasteiger partial charge on any atom is -0.352 e. The molecule has 1 aliphatic rings. The molecule has 2 rings (SSSR count). The van der Waals surface area contributed by atoms with Crippen molar-refractivity contribution in [1.29, 1.82) is 5.26 Å². The van der Waals surface area contributed by atoms with E-state index >= 15 is 0 Å². The molecule has 1 atom stereocenters. The van der Waals surface area contributed by atoms with Gasteiger partial charge in [-0.25, -0.2) is 4.39 Å². The van der Waals surface area contributed by atoms with Crippen molar-refractivity contribution in [2.75, 3.05) is 0 Å². The van der Waals surface area contributed by atoms with Gasteiger partial charge in [0.2, 0.25) is 5.91 Å². The molecule has 0 radical (unpaired) electrons. The number of nitrogens with one attached hydrogen (secondary N) is 1. The standard InChI is InChI=1S/C18H19FN2O2/c19-14-9-6-13(7-10-14)8-11-17(22)16(12-20)18(23)21-15-4-2-1-3-5-15/h6-11,15-16H,1-5H2,(H,21,23)/b11-8+/t16-/m1/s1. The highest BCUT2D eigenvalue weighted by Gasteiger charge is 2.27. The highest BCUT2D eigenvalue weighted by molar-refractivity contribution is 6.10. The largest absolute Gasteiger partial charge is 0.352 e. The summed E-state index contributed by atoms with van der Waals surface area (Å²) in [5.41, 5.74) is 0.629. The first-order valence-corrected chi connectivity index (χ1v) is 7.77. The van der Waals surface area contributed by atoms with E-state index in [1.165, 1.54) is 36.4 Å². The number of ketones is 1. The second-order valence-electron chi connectivity index (χ2n) is 5.69. The molecular formula is C18H19FN2O2. The number of rotatable bonds is 5. The average molecular weight is 314 g/mol. The number of nitriles is 1. The molecule has 0 aromatic heterocycles. The summed E-state index contributed by atoms with van der Waals surface area (Å²) in [6.07, 6.45) is 7.73. The van der Waals surface area contributed by atoms with Crippen LogP contribution in [0, 0.1) is 23.1 Å². The van der Waals surface area contributed by atoms with Crippen LogP contribution in [0.4, 0.5) is 4.39 Å². The van der Waals surface area contributed by atoms with E-state index in [1.54, 1.807) is 6.07 Å². The normalized spacial score (nSPS) is 16.7. The highest BCUT2D eigenvalue weighted by Crippen LogP contribution is 2.18. The molecule has 5 heteroatoms. The molecule has 0 saturated heterocycles. The van der Waals surface area contributed by atoms with Gasteiger partial charge in [0.05, 0.1) is 6.07 Å². The fourth-order valence-electron chi connectivity index (χ4n) is 2.63. The molecule has 23 heavy (non-hydrogen) atoms. The van der Waals surface area contributed by atoms with Crippen LogP contribution in [0.2, 0.25) is 0 Å². The van der Waals surface area contributed by atoms with Crippen molar-refractivity contribution in [3.8, 4) is 6.07 Å². The van der Waals surface area contributed by atoms with E-state index < -0.39 is 17.6 Å². The molecule has 1 aliphatic carbocycles. The van der Waals surface area contributed by atoms with Gasteiger partial charge in [-0.2, -0.15) is 5.26 Å². The zero-order valence-electron chi connectivity index (χ0n) is 12.8. The molecule has 120 valence electrons. The van der Waals surface area contributed by atoms with E-state index in [0.717, 1.165) is 32.1 Å². The van der Waals surface area contributed by atoms with E-state index in [4.69, 9.17) is 5.26 Å². The molecule has 0 aliphatic heterocycles. The van der Waals surface area contributed by atoms with Crippen molar-refractivity contribution < 1.29 is 14.0 Å². The predicted octanol–water partition coefficient (Wildman–Crippen LogP) is 3.00. The highest BCUT2D eigenvalue weighted by atomic mass is 19.1. The molecule has 0 bridgehead atoms. The fraction of sp³-hybridized carbons (Fsp3) is 0.389. The molecule has 1 amide bonds. The lowest BCUT2D eigenvalue weighted by atomic mass is 9.94. The Morgan fingerprint density at radius 2 is 1.87 bits per heavy atom. The maximum atomic E-state index is 12.8. The Labute approximate surface area is 135 Å². The number of allylic oxidation sites excluding steroid dienone is 1. The van der Waals surface area contributed by atoms with Crippen LogP contribution in [-0.2, 0) is 9.59 Å². The Kier molecular flexibility index (Phi) is 6.04. The Morgan fingerprint density at radius 3 is 2.48 bits per heavy atom. The van der Waals surface area contributed by atoms with Crippen molar-refractivity contribution in [1.82, 2.24) is 5.32 Å². The summed E-state index contributed by atoms with van der Waals surface area (Å²) in [6, 6.07) is 7.41. The molecule has 4 nitrogen and oxygen atoms in total. The lowest BCUT2D eigenvalue weighted by molar-refractivity contribution is -0.130. The number of hydrogen-bond donors (Lipinski definition) is 1. The van der Waals surface area contributed by atoms with Crippen LogP contribution < -0.4 is 5.32 Å². The van der Waals surface area contributed by atoms with Crippen LogP contribution in [0.15, 0.2) is 30.3 Å². The summed E-state index contributed by atoms with van der Waals surface area (Å²) in [7, 11) is 0. The summed E-state index contributed by atoms with van der Waals surface area (Å²) in [5.74, 6) is -2.80. The zero-order chi connectivity index (χ0) is 16.7. The van der Waals surface area contributed by atoms with E-state index in [0.29, 0.717) is 5.56 Å². The van der Waals surface area contributed by atoms with Crippen molar-refractivity contribution >= 4 is 17.8 Å². The van der Waals surface area contributed by atoms with Crippen LogP contribution in [0.5, 0.6) is 0 Å². The number of carbonyl (C=O) groups excluding carboxylic acids is 2. The monoisotopic (exact) mass is 314 g/mol. The number of benzene rings is 1. The zero-order valence-corrected chi connectivity index (χ0v) is 12.8. The van der Waals surface area contributed by atoms with Crippen LogP contribution >= 0.6 is 0 Å². The molecule has 1 saturated carbocycles. The second-order valence-corrected chi connectivity index (χ2v) is 5.69. The van der Waals surface area contributed by atoms with E-state index in [2.05, 4.69) is 5.32 Å². The molecule has 0 heterocycles. The minimum atomic E-state index is -1.34. The topological polar surface area (TPSA) is 70.0 Å². The number of halogens is 1. The van der Waals surface area contributed by atoms with Gasteiger partial charge in [-0.15, -0.1) is 0 Å². The van der Waals surface area contributed by atoms with Crippen molar-refractivity contribution in [2.24, 2.45) is 5.92 Å². The summed E-state index contributed by atoms with van der Waals surface area (Å²) in [4.78, 5) is 24.2. The average Bonchev–Trinajstić information content (AvgIpc) is 2.56. The van der Waals surface area contributed by atoms with Gasteiger partial charge in [-0.3, -0.25) is 9.59 Å². The Morgan fingerprint density at radius 1 is 1.22 bits per heavy atom. The molecule has 1 aromatic rings. The van der Waals surface area contributed by atoms with E-state index in [-0.39, 0.29) is 11.9 Å². The van der Waals surface area contributed by atoms with Crippen LogP contribution in [0.3, 0.4) is 0 Å². The van der Waals surface area contributed by atoms with Gasteiger partial charge in [0.25, 0.3) is 0 Å². The smallest absolute Gasteiger partial charge is 0.245 e. The summed E-state index contributed by atoms with van der Waals surface area (Å²) >= 11 is 0. The summed E-state index contributed by atoms with van der Waals surface area (Å²) in [6.45, 7) is 0. The van der Waals surface area contributed by atoms with Crippen LogP contribution in [0.1, 0.15) is 37.7 Å². The Balaban J connectivity index is 1.95. The lowest BCUT2D eigenvalue weighted by Gasteiger charge is -2.23. The third-order valence-electron chi connectivity index (χ3n) is 3.94. The Bertz CT molecular complexity index is 625. The second kappa shape index (κ2) is 8.23. The van der Waals surface area contributed by atoms with Gasteiger partial charge in [0.15, 0.2) is 11.7 Å². The molecular weight excluding hydrogens is 295 g/mol. The number of carbonyl (C=O) groups is 2. The fourth-order valence-corrected chi connectivity index (χ4v) is 2.63. The number of nitrogens with zero attached hydrogens (tertiary/aromatic N) is 1. The van der Waals surface area contributed by atoms with Crippen molar-refractivity contribution in [3.05, 3.63) is 41.7 Å². The van der Waals surface area contributed by atoms with Crippen molar-refractivity contribution in [2.45, 2.75) is 38.1 Å². The summed E-state index contributed by atoms with van der Waals surface area (Å²) < 4.78 is 12.8. The van der Waals surface area contributed by atoms with E-state index in [9.17, 15) is 14.0 Å². The SMILES string of the molecule is N#C[C@H](C(=O)/C=C/c1ccc(F)cc1)C(=O)NC1CCCCC1. The van der Waals surface area contributed by atoms with E-state index in [1.807, 2.05) is 0 Å². The molecule has 1 aromatic carbocycles. The van der Waals surface area contributed by atoms with Crippen molar-refractivity contribution in [3.63, 3.8) is 0 Å². The van der Waals surface area contributed by atoms with Gasteiger partial charge in [0, 0.05) is 6.04 Å². The molecule has 0 unspecified atom stereocenters. The van der Waals surface area contributed by atoms with Gasteiger partial charge < -0.3 is 5.32 Å². The first kappa shape index (κ1) is 16.9. The van der Waals surface area contributed by atoms with Gasteiger partial charge >= 0.3 is 0 Å². The first-order chi connectivity index (χ1) is 11.1. The third kappa shape index (κ3) is 5.03. The third-order valence-corrected chi connectivity index (χ3v) is 3.94. The maximum absolute atomic E-state index is 12.8. The van der Waals surface area contributed by atoms with Gasteiger partial charge in [0.1, 0.15) is 5.82 Å².